The van der Waals surface area contributed by atoms with Crippen LogP contribution in [0.5, 0.6) is 11.6 Å². The first kappa shape index (κ1) is 20.0. The number of hydrogen-bond donors (Lipinski definition) is 1. The number of hydrogen-bond acceptors (Lipinski definition) is 7. The number of hydrazone groups is 1. The van der Waals surface area contributed by atoms with E-state index in [-0.39, 0.29) is 0 Å². The van der Waals surface area contributed by atoms with Crippen molar-refractivity contribution in [1.82, 2.24) is 15.0 Å². The molecule has 1 N–H and O–H groups in total. The smallest absolute Gasteiger partial charge is 0.228 e. The minimum absolute atomic E-state index is 0.467. The number of nitrogens with one attached hydrogen (secondary N) is 1. The molecule has 0 unspecified atom stereocenters. The molecule has 0 atom stereocenters. The lowest BCUT2D eigenvalue weighted by atomic mass is 10.1. The quantitative estimate of drug-likeness (QED) is 0.452. The number of benzene rings is 2. The van der Waals surface area contributed by atoms with Crippen molar-refractivity contribution in [3.05, 3.63) is 90.3 Å². The minimum Gasteiger partial charge on any atom is -0.438 e. The number of ether oxygens (including phenoxy) is 1. The van der Waals surface area contributed by atoms with Gasteiger partial charge in [-0.15, -0.1) is 0 Å². The number of aromatic nitrogens is 3. The summed E-state index contributed by atoms with van der Waals surface area (Å²) < 4.78 is 6.08. The van der Waals surface area contributed by atoms with Crippen LogP contribution in [0.1, 0.15) is 11.1 Å². The van der Waals surface area contributed by atoms with Gasteiger partial charge in [-0.25, -0.2) is 15.0 Å². The third-order valence-electron chi connectivity index (χ3n) is 5.04. The maximum atomic E-state index is 6.39. The Morgan fingerprint density at radius 1 is 0.906 bits per heavy atom. The van der Waals surface area contributed by atoms with Crippen LogP contribution in [0.3, 0.4) is 0 Å². The zero-order valence-corrected chi connectivity index (χ0v) is 18.0. The second-order valence-corrected chi connectivity index (χ2v) is 7.43. The van der Waals surface area contributed by atoms with Crippen LogP contribution >= 0.6 is 11.6 Å². The largest absolute Gasteiger partial charge is 0.438 e. The van der Waals surface area contributed by atoms with Crippen LogP contribution in [0.25, 0.3) is 11.3 Å². The summed E-state index contributed by atoms with van der Waals surface area (Å²) >= 11 is 6.39. The Labute approximate surface area is 190 Å². The number of pyridine rings is 1. The van der Waals surface area contributed by atoms with Crippen molar-refractivity contribution in [3.8, 4) is 22.9 Å². The molecule has 0 fully saturated rings. The molecule has 32 heavy (non-hydrogen) atoms. The third-order valence-corrected chi connectivity index (χ3v) is 5.32. The molecule has 0 saturated heterocycles. The fourth-order valence-electron chi connectivity index (χ4n) is 3.46. The van der Waals surface area contributed by atoms with Crippen LogP contribution < -0.4 is 15.1 Å². The highest BCUT2D eigenvalue weighted by Gasteiger charge is 2.18. The van der Waals surface area contributed by atoms with Crippen molar-refractivity contribution >= 4 is 28.4 Å². The zero-order valence-electron chi connectivity index (χ0n) is 17.2. The molecule has 1 aliphatic rings. The fraction of sp³-hybridized carbons (Fsp3) is 0.0833. The highest BCUT2D eigenvalue weighted by Crippen LogP contribution is 2.32. The van der Waals surface area contributed by atoms with E-state index >= 15 is 0 Å². The van der Waals surface area contributed by atoms with Gasteiger partial charge >= 0.3 is 0 Å². The van der Waals surface area contributed by atoms with Crippen molar-refractivity contribution in [2.75, 3.05) is 17.4 Å². The van der Waals surface area contributed by atoms with Crippen molar-refractivity contribution in [3.63, 3.8) is 0 Å². The summed E-state index contributed by atoms with van der Waals surface area (Å²) in [6.45, 7) is 0.651. The average Bonchev–Trinajstić information content (AvgIpc) is 2.85. The van der Waals surface area contributed by atoms with Crippen molar-refractivity contribution < 1.29 is 4.74 Å². The molecule has 158 valence electrons. The average molecular weight is 443 g/mol. The lowest BCUT2D eigenvalue weighted by molar-refractivity contribution is 0.465. The van der Waals surface area contributed by atoms with E-state index in [0.717, 1.165) is 28.1 Å². The number of halogens is 1. The van der Waals surface area contributed by atoms with E-state index in [1.54, 1.807) is 19.4 Å². The molecule has 3 heterocycles. The van der Waals surface area contributed by atoms with Gasteiger partial charge in [-0.1, -0.05) is 35.9 Å². The first-order valence-electron chi connectivity index (χ1n) is 10.1. The van der Waals surface area contributed by atoms with Gasteiger partial charge in [0.2, 0.25) is 11.8 Å². The van der Waals surface area contributed by atoms with Gasteiger partial charge in [0.15, 0.2) is 5.17 Å². The number of nitrogens with zero attached hydrogens (tertiary/aromatic N) is 5. The molecular weight excluding hydrogens is 424 g/mol. The number of fused-ring (bicyclic) bond motifs is 1. The molecule has 8 heteroatoms. The van der Waals surface area contributed by atoms with E-state index in [4.69, 9.17) is 16.3 Å². The Bertz CT molecular complexity index is 1290. The monoisotopic (exact) mass is 442 g/mol. The Balaban J connectivity index is 1.38. The van der Waals surface area contributed by atoms with Crippen molar-refractivity contribution in [1.29, 1.82) is 0 Å². The van der Waals surface area contributed by atoms with Gasteiger partial charge in [0.25, 0.3) is 0 Å². The van der Waals surface area contributed by atoms with Gasteiger partial charge in [-0.2, -0.15) is 5.10 Å². The summed E-state index contributed by atoms with van der Waals surface area (Å²) in [7, 11) is 1.78. The minimum atomic E-state index is 0.467. The van der Waals surface area contributed by atoms with Gasteiger partial charge in [-0.05, 0) is 48.0 Å². The summed E-state index contributed by atoms with van der Waals surface area (Å²) in [5, 5.41) is 9.82. The second kappa shape index (κ2) is 8.64. The topological polar surface area (TPSA) is 75.5 Å². The highest BCUT2D eigenvalue weighted by atomic mass is 35.5. The van der Waals surface area contributed by atoms with Gasteiger partial charge in [0, 0.05) is 25.0 Å². The molecule has 7 nitrogen and oxygen atoms in total. The van der Waals surface area contributed by atoms with Gasteiger partial charge in [0.1, 0.15) is 5.75 Å². The fourth-order valence-corrected chi connectivity index (χ4v) is 3.73. The Kier molecular flexibility index (Phi) is 5.39. The summed E-state index contributed by atoms with van der Waals surface area (Å²) in [5.41, 5.74) is 4.52. The van der Waals surface area contributed by atoms with E-state index in [0.29, 0.717) is 29.3 Å². The number of anilines is 2. The van der Waals surface area contributed by atoms with E-state index in [1.807, 2.05) is 65.7 Å². The summed E-state index contributed by atoms with van der Waals surface area (Å²) in [6, 6.07) is 21.3. The molecule has 0 spiro atoms. The molecule has 2 aromatic heterocycles. The van der Waals surface area contributed by atoms with Gasteiger partial charge < -0.3 is 10.1 Å². The molecule has 0 radical (unpaired) electrons. The predicted octanol–water partition coefficient (Wildman–Crippen LogP) is 5.29. The van der Waals surface area contributed by atoms with E-state index in [1.165, 1.54) is 0 Å². The van der Waals surface area contributed by atoms with Crippen LogP contribution in [-0.2, 0) is 6.54 Å². The first-order chi connectivity index (χ1) is 15.7. The lowest BCUT2D eigenvalue weighted by Gasteiger charge is -2.25. The predicted molar refractivity (Wildman–Crippen MR) is 126 cm³/mol. The summed E-state index contributed by atoms with van der Waals surface area (Å²) in [6.07, 6.45) is 3.39. The van der Waals surface area contributed by atoms with Crippen LogP contribution in [-0.4, -0.2) is 27.2 Å². The SMILES string of the molecule is CNc1nccc(-c2cccnc2Oc2ccc(N3Cc4ccccc4C(Cl)=N3)cc2)n1. The normalized spacial score (nSPS) is 12.7. The van der Waals surface area contributed by atoms with Crippen LogP contribution in [0.2, 0.25) is 0 Å². The van der Waals surface area contributed by atoms with Crippen LogP contribution in [0.4, 0.5) is 11.6 Å². The third kappa shape index (κ3) is 3.98. The van der Waals surface area contributed by atoms with E-state index in [2.05, 4.69) is 31.4 Å². The maximum absolute atomic E-state index is 6.39. The second-order valence-electron chi connectivity index (χ2n) is 7.07. The number of rotatable bonds is 5. The molecule has 5 rings (SSSR count). The van der Waals surface area contributed by atoms with Crippen LogP contribution in [0, 0.1) is 0 Å². The molecule has 0 bridgehead atoms. The molecule has 2 aromatic carbocycles. The molecule has 0 saturated carbocycles. The molecule has 0 aliphatic carbocycles. The summed E-state index contributed by atoms with van der Waals surface area (Å²) in [5.74, 6) is 1.65. The van der Waals surface area contributed by atoms with Crippen LogP contribution in [0.15, 0.2) is 84.2 Å². The molecular formula is C24H19ClN6O. The Morgan fingerprint density at radius 2 is 1.72 bits per heavy atom. The van der Waals surface area contributed by atoms with Gasteiger partial charge in [-0.3, -0.25) is 5.01 Å². The Morgan fingerprint density at radius 3 is 2.56 bits per heavy atom. The van der Waals surface area contributed by atoms with Crippen molar-refractivity contribution in [2.24, 2.45) is 5.10 Å². The standard InChI is InChI=1S/C24H19ClN6O/c1-26-24-28-14-12-21(29-24)20-7-4-13-27-23(20)32-18-10-8-17(9-11-18)31-15-16-5-2-3-6-19(16)22(25)30-31/h2-14H,15H2,1H3,(H,26,28,29). The van der Waals surface area contributed by atoms with Gasteiger partial charge in [0.05, 0.1) is 23.5 Å². The van der Waals surface area contributed by atoms with Crippen molar-refractivity contribution in [2.45, 2.75) is 6.54 Å². The molecule has 0 amide bonds. The zero-order chi connectivity index (χ0) is 21.9. The lowest BCUT2D eigenvalue weighted by Crippen LogP contribution is -2.23. The molecule has 4 aromatic rings. The maximum Gasteiger partial charge on any atom is 0.228 e. The Hall–Kier alpha value is -3.97. The van der Waals surface area contributed by atoms with E-state index in [9.17, 15) is 0 Å². The molecule has 1 aliphatic heterocycles. The van der Waals surface area contributed by atoms with E-state index < -0.39 is 0 Å². The highest BCUT2D eigenvalue weighted by molar-refractivity contribution is 6.70. The summed E-state index contributed by atoms with van der Waals surface area (Å²) in [4.78, 5) is 13.1. The first-order valence-corrected chi connectivity index (χ1v) is 10.4.